The number of aryl methyl sites for hydroxylation is 1. The molecule has 0 aliphatic heterocycles. The van der Waals surface area contributed by atoms with Crippen LogP contribution in [-0.2, 0) is 11.2 Å². The molecule has 0 aliphatic rings. The van der Waals surface area contributed by atoms with Gasteiger partial charge >= 0.3 is 0 Å². The molecule has 0 radical (unpaired) electrons. The minimum absolute atomic E-state index is 0.0322. The summed E-state index contributed by atoms with van der Waals surface area (Å²) >= 11 is 6.10. The van der Waals surface area contributed by atoms with Gasteiger partial charge in [0, 0.05) is 5.56 Å². The molecule has 0 fully saturated rings. The van der Waals surface area contributed by atoms with Crippen LogP contribution in [0.25, 0.3) is 22.3 Å². The molecule has 6 nitrogen and oxygen atoms in total. The number of para-hydroxylation sites is 1. The summed E-state index contributed by atoms with van der Waals surface area (Å²) in [4.78, 5) is 25.9. The lowest BCUT2D eigenvalue weighted by Gasteiger charge is -2.13. The third kappa shape index (κ3) is 4.86. The van der Waals surface area contributed by atoms with E-state index in [9.17, 15) is 9.59 Å². The Kier molecular flexibility index (Phi) is 6.66. The van der Waals surface area contributed by atoms with E-state index < -0.39 is 12.5 Å². The topological polar surface area (TPSA) is 77.8 Å². The number of benzene rings is 3. The summed E-state index contributed by atoms with van der Waals surface area (Å²) in [7, 11) is 1.57. The van der Waals surface area contributed by atoms with E-state index in [1.807, 2.05) is 13.0 Å². The van der Waals surface area contributed by atoms with E-state index in [1.54, 1.807) is 67.8 Å². The zero-order valence-electron chi connectivity index (χ0n) is 18.2. The van der Waals surface area contributed by atoms with Gasteiger partial charge in [-0.25, -0.2) is 0 Å². The van der Waals surface area contributed by atoms with Crippen LogP contribution >= 0.6 is 11.6 Å². The van der Waals surface area contributed by atoms with E-state index in [2.05, 4.69) is 5.32 Å². The molecule has 1 N–H and O–H groups in total. The highest BCUT2D eigenvalue weighted by molar-refractivity contribution is 6.33. The number of anilines is 1. The Morgan fingerprint density at radius 3 is 2.52 bits per heavy atom. The molecule has 4 aromatic rings. The van der Waals surface area contributed by atoms with Gasteiger partial charge in [0.25, 0.3) is 5.91 Å². The fraction of sp³-hybridized carbons (Fsp3) is 0.154. The van der Waals surface area contributed by atoms with E-state index in [4.69, 9.17) is 25.5 Å². The second-order valence-corrected chi connectivity index (χ2v) is 7.73. The number of rotatable bonds is 7. The number of amides is 1. The summed E-state index contributed by atoms with van der Waals surface area (Å²) in [5.74, 6) is 0.418. The van der Waals surface area contributed by atoms with Gasteiger partial charge in [-0.2, -0.15) is 0 Å². The minimum atomic E-state index is -0.453. The zero-order chi connectivity index (χ0) is 23.4. The van der Waals surface area contributed by atoms with Crippen molar-refractivity contribution in [3.05, 3.63) is 87.5 Å². The number of ether oxygens (including phenoxy) is 2. The molecule has 3 aromatic carbocycles. The number of carbonyl (C=O) groups excluding carboxylic acids is 1. The monoisotopic (exact) mass is 463 g/mol. The summed E-state index contributed by atoms with van der Waals surface area (Å²) in [5.41, 5.74) is 2.17. The van der Waals surface area contributed by atoms with Crippen LogP contribution in [0.5, 0.6) is 11.5 Å². The Hall–Kier alpha value is -3.77. The van der Waals surface area contributed by atoms with E-state index >= 15 is 0 Å². The molecule has 168 valence electrons. The second kappa shape index (κ2) is 9.79. The fourth-order valence-electron chi connectivity index (χ4n) is 3.40. The molecule has 1 amide bonds. The van der Waals surface area contributed by atoms with Crippen LogP contribution in [-0.4, -0.2) is 19.6 Å². The van der Waals surface area contributed by atoms with Gasteiger partial charge in [-0.3, -0.25) is 9.59 Å². The first kappa shape index (κ1) is 22.4. The maximum atomic E-state index is 13.4. The van der Waals surface area contributed by atoms with Crippen molar-refractivity contribution in [3.63, 3.8) is 0 Å². The highest BCUT2D eigenvalue weighted by atomic mass is 35.5. The van der Waals surface area contributed by atoms with E-state index in [0.717, 1.165) is 12.0 Å². The second-order valence-electron chi connectivity index (χ2n) is 7.32. The van der Waals surface area contributed by atoms with Gasteiger partial charge in [0.1, 0.15) is 11.3 Å². The predicted octanol–water partition coefficient (Wildman–Crippen LogP) is 5.70. The van der Waals surface area contributed by atoms with Crippen molar-refractivity contribution in [3.8, 4) is 22.8 Å². The van der Waals surface area contributed by atoms with Crippen LogP contribution in [0.4, 0.5) is 5.69 Å². The molecule has 7 heteroatoms. The van der Waals surface area contributed by atoms with Crippen molar-refractivity contribution in [2.24, 2.45) is 0 Å². The lowest BCUT2D eigenvalue weighted by molar-refractivity contribution is -0.118. The molecule has 0 saturated carbocycles. The predicted molar refractivity (Wildman–Crippen MR) is 129 cm³/mol. The Morgan fingerprint density at radius 2 is 1.82 bits per heavy atom. The van der Waals surface area contributed by atoms with Crippen LogP contribution in [0.3, 0.4) is 0 Å². The Balaban J connectivity index is 1.72. The Labute approximate surface area is 195 Å². The van der Waals surface area contributed by atoms with Gasteiger partial charge in [0.15, 0.2) is 12.4 Å². The summed E-state index contributed by atoms with van der Waals surface area (Å²) < 4.78 is 17.0. The molecule has 0 bridgehead atoms. The van der Waals surface area contributed by atoms with E-state index in [-0.39, 0.29) is 16.9 Å². The first-order valence-electron chi connectivity index (χ1n) is 10.4. The van der Waals surface area contributed by atoms with Crippen LogP contribution in [0, 0.1) is 0 Å². The summed E-state index contributed by atoms with van der Waals surface area (Å²) in [6, 6.07) is 19.4. The standard InChI is InChI=1S/C26H22ClNO5/c1-3-16-8-13-22-19(14-16)24(30)26(25(33-22)17-9-11-18(31-2)12-10-17)32-15-23(29)28-21-7-5-4-6-20(21)27/h4-14H,3,15H2,1-2H3,(H,28,29). The zero-order valence-corrected chi connectivity index (χ0v) is 18.9. The number of fused-ring (bicyclic) bond motifs is 1. The lowest BCUT2D eigenvalue weighted by Crippen LogP contribution is -2.22. The van der Waals surface area contributed by atoms with Gasteiger partial charge in [0.2, 0.25) is 11.2 Å². The van der Waals surface area contributed by atoms with Gasteiger partial charge in [0.05, 0.1) is 23.2 Å². The maximum absolute atomic E-state index is 13.4. The fourth-order valence-corrected chi connectivity index (χ4v) is 3.58. The molecule has 1 aromatic heterocycles. The van der Waals surface area contributed by atoms with Gasteiger partial charge < -0.3 is 19.2 Å². The molecule has 0 unspecified atom stereocenters. The smallest absolute Gasteiger partial charge is 0.262 e. The molecular weight excluding hydrogens is 442 g/mol. The summed E-state index contributed by atoms with van der Waals surface area (Å²) in [6.45, 7) is 1.61. The van der Waals surface area contributed by atoms with Gasteiger partial charge in [-0.15, -0.1) is 0 Å². The number of hydrogen-bond donors (Lipinski definition) is 1. The number of nitrogens with one attached hydrogen (secondary N) is 1. The Morgan fingerprint density at radius 1 is 1.06 bits per heavy atom. The number of hydrogen-bond acceptors (Lipinski definition) is 5. The first-order valence-corrected chi connectivity index (χ1v) is 10.8. The third-order valence-electron chi connectivity index (χ3n) is 5.17. The molecule has 0 spiro atoms. The highest BCUT2D eigenvalue weighted by Crippen LogP contribution is 2.32. The molecule has 4 rings (SSSR count). The van der Waals surface area contributed by atoms with Crippen LogP contribution in [0.15, 0.2) is 75.9 Å². The Bertz CT molecular complexity index is 1360. The molecule has 0 saturated heterocycles. The van der Waals surface area contributed by atoms with Crippen molar-refractivity contribution >= 4 is 34.2 Å². The molecule has 0 atom stereocenters. The van der Waals surface area contributed by atoms with Gasteiger partial charge in [-0.1, -0.05) is 36.7 Å². The SMILES string of the molecule is CCc1ccc2oc(-c3ccc(OC)cc3)c(OCC(=O)Nc3ccccc3Cl)c(=O)c2c1. The average molecular weight is 464 g/mol. The van der Waals surface area contributed by atoms with Crippen molar-refractivity contribution < 1.29 is 18.7 Å². The van der Waals surface area contributed by atoms with Crippen molar-refractivity contribution in [2.75, 3.05) is 19.0 Å². The normalized spacial score (nSPS) is 10.8. The van der Waals surface area contributed by atoms with E-state index in [1.165, 1.54) is 0 Å². The molecular formula is C26H22ClNO5. The largest absolute Gasteiger partial charge is 0.497 e. The third-order valence-corrected chi connectivity index (χ3v) is 5.50. The van der Waals surface area contributed by atoms with Crippen LogP contribution in [0.1, 0.15) is 12.5 Å². The molecule has 1 heterocycles. The van der Waals surface area contributed by atoms with Crippen molar-refractivity contribution in [2.45, 2.75) is 13.3 Å². The number of carbonyl (C=O) groups is 1. The molecule has 0 aliphatic carbocycles. The first-order chi connectivity index (χ1) is 16.0. The number of halogens is 1. The van der Waals surface area contributed by atoms with Crippen molar-refractivity contribution in [1.82, 2.24) is 0 Å². The van der Waals surface area contributed by atoms with Gasteiger partial charge in [-0.05, 0) is 60.5 Å². The summed E-state index contributed by atoms with van der Waals surface area (Å²) in [5, 5.41) is 3.49. The quantitative estimate of drug-likeness (QED) is 0.380. The van der Waals surface area contributed by atoms with Crippen LogP contribution in [0.2, 0.25) is 5.02 Å². The lowest BCUT2D eigenvalue weighted by atomic mass is 10.1. The van der Waals surface area contributed by atoms with E-state index in [0.29, 0.717) is 33.0 Å². The number of methoxy groups -OCH3 is 1. The highest BCUT2D eigenvalue weighted by Gasteiger charge is 2.19. The summed E-state index contributed by atoms with van der Waals surface area (Å²) in [6.07, 6.45) is 0.770. The van der Waals surface area contributed by atoms with Crippen molar-refractivity contribution in [1.29, 1.82) is 0 Å². The minimum Gasteiger partial charge on any atom is -0.497 e. The average Bonchev–Trinajstić information content (AvgIpc) is 2.84. The molecule has 33 heavy (non-hydrogen) atoms. The van der Waals surface area contributed by atoms with Crippen LogP contribution < -0.4 is 20.2 Å². The maximum Gasteiger partial charge on any atom is 0.262 e.